The van der Waals surface area contributed by atoms with Gasteiger partial charge in [-0.15, -0.1) is 11.8 Å². The maximum absolute atomic E-state index is 2.46. The highest BCUT2D eigenvalue weighted by Gasteiger charge is 2.21. The second-order valence-electron chi connectivity index (χ2n) is 8.90. The van der Waals surface area contributed by atoms with Crippen LogP contribution in [0, 0.1) is 0 Å². The van der Waals surface area contributed by atoms with E-state index in [1.165, 1.54) is 66.0 Å². The third-order valence-electron chi connectivity index (χ3n) is 6.88. The lowest BCUT2D eigenvalue weighted by atomic mass is 9.98. The van der Waals surface area contributed by atoms with Crippen LogP contribution >= 0.6 is 11.8 Å². The van der Waals surface area contributed by atoms with Crippen molar-refractivity contribution in [3.05, 3.63) is 121 Å². The molecule has 0 saturated carbocycles. The molecule has 162 valence electrons. The molecule has 0 N–H and O–H groups in total. The Labute approximate surface area is 203 Å². The Bertz CT molecular complexity index is 1600. The number of para-hydroxylation sites is 1. The van der Waals surface area contributed by atoms with Crippen LogP contribution in [0.25, 0.3) is 49.7 Å². The molecule has 0 fully saturated rings. The smallest absolute Gasteiger partial charge is 0.0552 e. The summed E-state index contributed by atoms with van der Waals surface area (Å²) in [6.07, 6.45) is 1.16. The Morgan fingerprint density at radius 1 is 0.559 bits per heavy atom. The second-order valence-corrected chi connectivity index (χ2v) is 10.0. The minimum atomic E-state index is 1.16. The molecule has 34 heavy (non-hydrogen) atoms. The predicted octanol–water partition coefficient (Wildman–Crippen LogP) is 8.77. The Morgan fingerprint density at radius 3 is 1.91 bits per heavy atom. The van der Waals surface area contributed by atoms with E-state index in [9.17, 15) is 0 Å². The van der Waals surface area contributed by atoms with E-state index < -0.39 is 0 Å². The summed E-state index contributed by atoms with van der Waals surface area (Å²) in [5, 5.41) is 2.75. The van der Waals surface area contributed by atoms with E-state index in [4.69, 9.17) is 0 Å². The van der Waals surface area contributed by atoms with Gasteiger partial charge in [-0.2, -0.15) is 0 Å². The number of hydrogen-bond donors (Lipinski definition) is 0. The summed E-state index contributed by atoms with van der Waals surface area (Å²) in [5.41, 5.74) is 10.2. The highest BCUT2D eigenvalue weighted by Crippen LogP contribution is 2.43. The van der Waals surface area contributed by atoms with Crippen molar-refractivity contribution in [1.29, 1.82) is 0 Å². The number of thioether (sulfide) groups is 1. The lowest BCUT2D eigenvalue weighted by Crippen LogP contribution is -1.96. The van der Waals surface area contributed by atoms with E-state index in [0.29, 0.717) is 0 Å². The Balaban J connectivity index is 1.57. The number of hydrogen-bond acceptors (Lipinski definition) is 1. The lowest BCUT2D eigenvalue weighted by molar-refractivity contribution is 1.15. The zero-order valence-corrected chi connectivity index (χ0v) is 19.6. The molecule has 0 atom stereocenters. The molecular weight excluding hydrogens is 430 g/mol. The van der Waals surface area contributed by atoms with E-state index in [1.807, 2.05) is 11.8 Å². The van der Waals surface area contributed by atoms with Gasteiger partial charge in [0.1, 0.15) is 0 Å². The second kappa shape index (κ2) is 7.93. The number of fused-ring (bicyclic) bond motifs is 5. The van der Waals surface area contributed by atoms with Crippen molar-refractivity contribution in [2.75, 3.05) is 5.75 Å². The number of aryl methyl sites for hydroxylation is 1. The van der Waals surface area contributed by atoms with Crippen LogP contribution in [0.5, 0.6) is 0 Å². The molecule has 6 aromatic rings. The lowest BCUT2D eigenvalue weighted by Gasteiger charge is -2.14. The van der Waals surface area contributed by atoms with E-state index in [-0.39, 0.29) is 0 Å². The molecule has 0 aliphatic carbocycles. The van der Waals surface area contributed by atoms with E-state index in [0.717, 1.165) is 6.42 Å². The molecule has 0 radical (unpaired) electrons. The van der Waals surface area contributed by atoms with Crippen LogP contribution in [-0.2, 0) is 6.42 Å². The summed E-state index contributed by atoms with van der Waals surface area (Å²) in [6, 6.07) is 42.0. The first-order valence-corrected chi connectivity index (χ1v) is 12.8. The first-order chi connectivity index (χ1) is 16.9. The maximum atomic E-state index is 2.46. The topological polar surface area (TPSA) is 4.93 Å². The molecule has 0 amide bonds. The number of rotatable bonds is 3. The average Bonchev–Trinajstić information content (AvgIpc) is 3.52. The van der Waals surface area contributed by atoms with Gasteiger partial charge in [0, 0.05) is 27.1 Å². The molecule has 1 nitrogen and oxygen atoms in total. The van der Waals surface area contributed by atoms with Gasteiger partial charge >= 0.3 is 0 Å². The third kappa shape index (κ3) is 3.10. The van der Waals surface area contributed by atoms with Crippen LogP contribution in [0.2, 0.25) is 0 Å². The van der Waals surface area contributed by atoms with Gasteiger partial charge in [0.2, 0.25) is 0 Å². The first-order valence-electron chi connectivity index (χ1n) is 11.8. The largest absolute Gasteiger partial charge is 0.309 e. The monoisotopic (exact) mass is 453 g/mol. The standard InChI is InChI=1S/C32H23NS/c1-3-9-22(10-4-1)25-19-26(23-11-5-2-6-12-23)21-27(20-25)33-29-14-8-7-13-28(29)31-30(33)16-15-24-17-18-34-32(24)31/h1-16,19-21H,17-18H2. The van der Waals surface area contributed by atoms with Crippen molar-refractivity contribution in [2.24, 2.45) is 0 Å². The van der Waals surface area contributed by atoms with Crippen LogP contribution < -0.4 is 0 Å². The van der Waals surface area contributed by atoms with Gasteiger partial charge in [-0.3, -0.25) is 0 Å². The minimum absolute atomic E-state index is 1.16. The predicted molar refractivity (Wildman–Crippen MR) is 146 cm³/mol. The summed E-state index contributed by atoms with van der Waals surface area (Å²) in [7, 11) is 0. The van der Waals surface area contributed by atoms with Gasteiger partial charge in [-0.1, -0.05) is 84.9 Å². The number of aromatic nitrogens is 1. The van der Waals surface area contributed by atoms with Gasteiger partial charge in [0.05, 0.1) is 11.0 Å². The average molecular weight is 454 g/mol. The van der Waals surface area contributed by atoms with Crippen molar-refractivity contribution < 1.29 is 0 Å². The minimum Gasteiger partial charge on any atom is -0.309 e. The molecule has 0 spiro atoms. The summed E-state index contributed by atoms with van der Waals surface area (Å²) < 4.78 is 2.46. The van der Waals surface area contributed by atoms with Gasteiger partial charge in [0.25, 0.3) is 0 Å². The quantitative estimate of drug-likeness (QED) is 0.259. The van der Waals surface area contributed by atoms with Crippen LogP contribution in [0.1, 0.15) is 5.56 Å². The summed E-state index contributed by atoms with van der Waals surface area (Å²) >= 11 is 2.01. The molecular formula is C32H23NS. The highest BCUT2D eigenvalue weighted by molar-refractivity contribution is 7.99. The van der Waals surface area contributed by atoms with Gasteiger partial charge < -0.3 is 4.57 Å². The van der Waals surface area contributed by atoms with Crippen LogP contribution in [0.3, 0.4) is 0 Å². The molecule has 7 rings (SSSR count). The zero-order valence-electron chi connectivity index (χ0n) is 18.7. The van der Waals surface area contributed by atoms with Gasteiger partial charge in [0.15, 0.2) is 0 Å². The molecule has 1 aliphatic heterocycles. The van der Waals surface area contributed by atoms with Crippen LogP contribution in [0.4, 0.5) is 0 Å². The van der Waals surface area contributed by atoms with Crippen molar-refractivity contribution in [2.45, 2.75) is 11.3 Å². The molecule has 2 heteroatoms. The van der Waals surface area contributed by atoms with Crippen molar-refractivity contribution in [3.63, 3.8) is 0 Å². The summed E-state index contributed by atoms with van der Waals surface area (Å²) in [5.74, 6) is 1.18. The van der Waals surface area contributed by atoms with E-state index >= 15 is 0 Å². The highest BCUT2D eigenvalue weighted by atomic mass is 32.2. The van der Waals surface area contributed by atoms with Crippen LogP contribution in [-0.4, -0.2) is 10.3 Å². The Hall–Kier alpha value is -3.75. The van der Waals surface area contributed by atoms with Gasteiger partial charge in [-0.05, 0) is 64.6 Å². The van der Waals surface area contributed by atoms with Crippen molar-refractivity contribution >= 4 is 33.6 Å². The van der Waals surface area contributed by atoms with Crippen molar-refractivity contribution in [1.82, 2.24) is 4.57 Å². The molecule has 5 aromatic carbocycles. The summed E-state index contributed by atoms with van der Waals surface area (Å²) in [6.45, 7) is 0. The zero-order chi connectivity index (χ0) is 22.5. The summed E-state index contributed by atoms with van der Waals surface area (Å²) in [4.78, 5) is 1.47. The Kier molecular flexibility index (Phi) is 4.59. The van der Waals surface area contributed by atoms with Crippen molar-refractivity contribution in [3.8, 4) is 27.9 Å². The Morgan fingerprint density at radius 2 is 1.21 bits per heavy atom. The van der Waals surface area contributed by atoms with Crippen LogP contribution in [0.15, 0.2) is 120 Å². The SMILES string of the molecule is c1ccc(-c2cc(-c3ccccc3)cc(-n3c4ccccc4c4c5c(ccc43)CCS5)c2)cc1. The molecule has 0 saturated heterocycles. The molecule has 2 heterocycles. The van der Waals surface area contributed by atoms with Gasteiger partial charge in [-0.25, -0.2) is 0 Å². The fourth-order valence-corrected chi connectivity index (χ4v) is 6.55. The first kappa shape index (κ1) is 19.7. The normalized spacial score (nSPS) is 12.9. The van der Waals surface area contributed by atoms with E-state index in [1.54, 1.807) is 0 Å². The molecule has 0 bridgehead atoms. The fraction of sp³-hybridized carbons (Fsp3) is 0.0625. The van der Waals surface area contributed by atoms with E-state index in [2.05, 4.69) is 120 Å². The maximum Gasteiger partial charge on any atom is 0.0552 e. The number of benzene rings is 5. The third-order valence-corrected chi connectivity index (χ3v) is 8.04. The number of nitrogens with zero attached hydrogens (tertiary/aromatic N) is 1. The molecule has 1 aromatic heterocycles. The molecule has 1 aliphatic rings. The fourth-order valence-electron chi connectivity index (χ4n) is 5.31. The molecule has 0 unspecified atom stereocenters.